The predicted octanol–water partition coefficient (Wildman–Crippen LogP) is 3.63. The van der Waals surface area contributed by atoms with Crippen LogP contribution in [0.5, 0.6) is 5.75 Å². The SMILES string of the molecule is Nc1ccc(OC[C@H]2CN(c3ccc4c(c3)CCN(C3CCC3)CC4)C(=O)O2)cc1. The first kappa shape index (κ1) is 19.2. The molecule has 1 amide bonds. The van der Waals surface area contributed by atoms with Crippen LogP contribution < -0.4 is 15.4 Å². The number of nitrogen functional groups attached to an aromatic ring is 1. The molecule has 158 valence electrons. The van der Waals surface area contributed by atoms with Crippen LogP contribution in [0.2, 0.25) is 0 Å². The van der Waals surface area contributed by atoms with E-state index in [0.29, 0.717) is 18.8 Å². The second kappa shape index (κ2) is 8.19. The maximum Gasteiger partial charge on any atom is 0.414 e. The van der Waals surface area contributed by atoms with Crippen molar-refractivity contribution in [3.8, 4) is 5.75 Å². The van der Waals surface area contributed by atoms with Crippen LogP contribution in [0.3, 0.4) is 0 Å². The van der Waals surface area contributed by atoms with Gasteiger partial charge < -0.3 is 15.2 Å². The van der Waals surface area contributed by atoms with Gasteiger partial charge >= 0.3 is 6.09 Å². The first-order valence-corrected chi connectivity index (χ1v) is 11.0. The number of anilines is 2. The molecule has 2 N–H and O–H groups in total. The second-order valence-electron chi connectivity index (χ2n) is 8.57. The van der Waals surface area contributed by atoms with Gasteiger partial charge in [0.15, 0.2) is 6.10 Å². The summed E-state index contributed by atoms with van der Waals surface area (Å²) >= 11 is 0. The molecular weight excluding hydrogens is 378 g/mol. The van der Waals surface area contributed by atoms with Crippen LogP contribution in [-0.4, -0.2) is 49.4 Å². The smallest absolute Gasteiger partial charge is 0.414 e. The molecule has 5 rings (SSSR count). The van der Waals surface area contributed by atoms with Gasteiger partial charge in [-0.05, 0) is 73.2 Å². The summed E-state index contributed by atoms with van der Waals surface area (Å²) in [5.41, 5.74) is 10.1. The normalized spacial score (nSPS) is 22.2. The fourth-order valence-electron chi connectivity index (χ4n) is 4.59. The molecule has 0 radical (unpaired) electrons. The van der Waals surface area contributed by atoms with E-state index in [1.165, 1.54) is 30.4 Å². The highest BCUT2D eigenvalue weighted by atomic mass is 16.6. The van der Waals surface area contributed by atoms with Crippen LogP contribution in [0.15, 0.2) is 42.5 Å². The van der Waals surface area contributed by atoms with Crippen molar-refractivity contribution in [1.82, 2.24) is 4.90 Å². The number of amides is 1. The lowest BCUT2D eigenvalue weighted by Gasteiger charge is -2.36. The predicted molar refractivity (Wildman–Crippen MR) is 117 cm³/mol. The van der Waals surface area contributed by atoms with Crippen molar-refractivity contribution in [3.63, 3.8) is 0 Å². The Labute approximate surface area is 177 Å². The van der Waals surface area contributed by atoms with Crippen molar-refractivity contribution in [2.75, 3.05) is 36.9 Å². The van der Waals surface area contributed by atoms with Crippen molar-refractivity contribution in [1.29, 1.82) is 0 Å². The summed E-state index contributed by atoms with van der Waals surface area (Å²) < 4.78 is 11.3. The lowest BCUT2D eigenvalue weighted by Crippen LogP contribution is -2.41. The van der Waals surface area contributed by atoms with Gasteiger partial charge in [-0.15, -0.1) is 0 Å². The Hall–Kier alpha value is -2.73. The van der Waals surface area contributed by atoms with Gasteiger partial charge in [0.2, 0.25) is 0 Å². The first-order chi connectivity index (χ1) is 14.7. The molecule has 0 spiro atoms. The van der Waals surface area contributed by atoms with E-state index in [1.807, 2.05) is 12.1 Å². The molecule has 2 fully saturated rings. The van der Waals surface area contributed by atoms with Crippen LogP contribution in [0, 0.1) is 0 Å². The van der Waals surface area contributed by atoms with Gasteiger partial charge in [0.25, 0.3) is 0 Å². The number of benzene rings is 2. The first-order valence-electron chi connectivity index (χ1n) is 11.0. The molecular formula is C24H29N3O3. The highest BCUT2D eigenvalue weighted by Gasteiger charge is 2.33. The molecule has 2 heterocycles. The van der Waals surface area contributed by atoms with E-state index < -0.39 is 0 Å². The number of rotatable bonds is 5. The van der Waals surface area contributed by atoms with Gasteiger partial charge in [0.1, 0.15) is 12.4 Å². The lowest BCUT2D eigenvalue weighted by atomic mass is 9.91. The average molecular weight is 408 g/mol. The van der Waals surface area contributed by atoms with Crippen molar-refractivity contribution in [2.24, 2.45) is 0 Å². The number of carbonyl (C=O) groups excluding carboxylic acids is 1. The molecule has 1 saturated heterocycles. The number of fused-ring (bicyclic) bond motifs is 1. The zero-order chi connectivity index (χ0) is 20.5. The van der Waals surface area contributed by atoms with Gasteiger partial charge in [0.05, 0.1) is 6.54 Å². The molecule has 2 aromatic carbocycles. The molecule has 1 aliphatic carbocycles. The number of nitrogens with zero attached hydrogens (tertiary/aromatic N) is 2. The van der Waals surface area contributed by atoms with E-state index in [-0.39, 0.29) is 12.2 Å². The third-order valence-corrected chi connectivity index (χ3v) is 6.62. The van der Waals surface area contributed by atoms with Crippen LogP contribution in [0.1, 0.15) is 30.4 Å². The Morgan fingerprint density at radius 3 is 2.53 bits per heavy atom. The highest BCUT2D eigenvalue weighted by Crippen LogP contribution is 2.30. The van der Waals surface area contributed by atoms with Gasteiger partial charge in [-0.25, -0.2) is 4.79 Å². The van der Waals surface area contributed by atoms with E-state index in [9.17, 15) is 4.79 Å². The largest absolute Gasteiger partial charge is 0.490 e. The third-order valence-electron chi connectivity index (χ3n) is 6.62. The quantitative estimate of drug-likeness (QED) is 0.767. The Morgan fingerprint density at radius 2 is 1.80 bits per heavy atom. The molecule has 30 heavy (non-hydrogen) atoms. The zero-order valence-electron chi connectivity index (χ0n) is 17.3. The lowest BCUT2D eigenvalue weighted by molar-refractivity contribution is 0.105. The molecule has 2 aliphatic heterocycles. The summed E-state index contributed by atoms with van der Waals surface area (Å²) in [4.78, 5) is 16.9. The van der Waals surface area contributed by atoms with Crippen molar-refractivity contribution < 1.29 is 14.3 Å². The average Bonchev–Trinajstić information content (AvgIpc) is 2.96. The minimum absolute atomic E-state index is 0.289. The molecule has 0 unspecified atom stereocenters. The molecule has 0 aromatic heterocycles. The van der Waals surface area contributed by atoms with Gasteiger partial charge in [-0.2, -0.15) is 0 Å². The molecule has 2 aromatic rings. The summed E-state index contributed by atoms with van der Waals surface area (Å²) in [6.07, 6.45) is 5.62. The van der Waals surface area contributed by atoms with Gasteiger partial charge in [-0.1, -0.05) is 12.5 Å². The monoisotopic (exact) mass is 407 g/mol. The minimum Gasteiger partial charge on any atom is -0.490 e. The van der Waals surface area contributed by atoms with E-state index in [4.69, 9.17) is 15.2 Å². The second-order valence-corrected chi connectivity index (χ2v) is 8.57. The Balaban J connectivity index is 1.22. The summed E-state index contributed by atoms with van der Waals surface area (Å²) in [6, 6.07) is 14.5. The number of hydrogen-bond donors (Lipinski definition) is 1. The maximum atomic E-state index is 12.5. The minimum atomic E-state index is -0.300. The summed E-state index contributed by atoms with van der Waals surface area (Å²) in [5.74, 6) is 0.722. The molecule has 1 atom stereocenters. The van der Waals surface area contributed by atoms with E-state index >= 15 is 0 Å². The molecule has 0 bridgehead atoms. The van der Waals surface area contributed by atoms with Crippen LogP contribution >= 0.6 is 0 Å². The standard InChI is InChI=1S/C24H29N3O3/c25-19-5-8-22(9-6-19)29-16-23-15-27(24(28)30-23)21-7-4-17-10-12-26(20-2-1-3-20)13-11-18(17)14-21/h4-9,14,20,23H,1-3,10-13,15-16,25H2/t23-/m1/s1. The number of ether oxygens (including phenoxy) is 2. The van der Waals surface area contributed by atoms with E-state index in [1.54, 1.807) is 17.0 Å². The molecule has 6 nitrogen and oxygen atoms in total. The van der Waals surface area contributed by atoms with Crippen molar-refractivity contribution in [3.05, 3.63) is 53.6 Å². The Kier molecular flexibility index (Phi) is 5.25. The molecule has 6 heteroatoms. The van der Waals surface area contributed by atoms with Crippen molar-refractivity contribution in [2.45, 2.75) is 44.2 Å². The Morgan fingerprint density at radius 1 is 1.03 bits per heavy atom. The van der Waals surface area contributed by atoms with E-state index in [2.05, 4.69) is 23.1 Å². The van der Waals surface area contributed by atoms with Crippen LogP contribution in [0.25, 0.3) is 0 Å². The third kappa shape index (κ3) is 3.97. The maximum absolute atomic E-state index is 12.5. The fraction of sp³-hybridized carbons (Fsp3) is 0.458. The fourth-order valence-corrected chi connectivity index (χ4v) is 4.59. The number of cyclic esters (lactones) is 1. The Bertz CT molecular complexity index is 910. The number of nitrogens with two attached hydrogens (primary N) is 1. The molecule has 1 saturated carbocycles. The van der Waals surface area contributed by atoms with Crippen LogP contribution in [-0.2, 0) is 17.6 Å². The summed E-state index contributed by atoms with van der Waals surface area (Å²) in [5, 5.41) is 0. The summed E-state index contributed by atoms with van der Waals surface area (Å²) in [7, 11) is 0. The number of carbonyl (C=O) groups is 1. The van der Waals surface area contributed by atoms with E-state index in [0.717, 1.165) is 43.4 Å². The zero-order valence-corrected chi connectivity index (χ0v) is 17.3. The van der Waals surface area contributed by atoms with Crippen molar-refractivity contribution >= 4 is 17.5 Å². The van der Waals surface area contributed by atoms with Gasteiger partial charge in [0, 0.05) is 30.5 Å². The highest BCUT2D eigenvalue weighted by molar-refractivity contribution is 5.90. The number of hydrogen-bond acceptors (Lipinski definition) is 5. The van der Waals surface area contributed by atoms with Crippen LogP contribution in [0.4, 0.5) is 16.2 Å². The molecule has 3 aliphatic rings. The topological polar surface area (TPSA) is 68.0 Å². The van der Waals surface area contributed by atoms with Gasteiger partial charge in [-0.3, -0.25) is 9.80 Å². The summed E-state index contributed by atoms with van der Waals surface area (Å²) in [6.45, 7) is 3.09.